The first kappa shape index (κ1) is 14.4. The highest BCUT2D eigenvalue weighted by atomic mass is 15.0. The average Bonchev–Trinajstić information content (AvgIpc) is 3.04. The van der Waals surface area contributed by atoms with Crippen molar-refractivity contribution in [1.82, 2.24) is 4.57 Å². The second-order valence-electron chi connectivity index (χ2n) is 5.28. The molecule has 0 radical (unpaired) electrons. The summed E-state index contributed by atoms with van der Waals surface area (Å²) in [5.41, 5.74) is 3.33. The Kier molecular flexibility index (Phi) is 3.55. The van der Waals surface area contributed by atoms with Gasteiger partial charge in [-0.25, -0.2) is 0 Å². The molecule has 2 aromatic carbocycles. The van der Waals surface area contributed by atoms with Gasteiger partial charge in [0.2, 0.25) is 0 Å². The van der Waals surface area contributed by atoms with Crippen LogP contribution in [-0.2, 0) is 0 Å². The summed E-state index contributed by atoms with van der Waals surface area (Å²) < 4.78 is 2.05. The van der Waals surface area contributed by atoms with E-state index in [-0.39, 0.29) is 6.04 Å². The summed E-state index contributed by atoms with van der Waals surface area (Å²) in [5, 5.41) is 28.3. The molecule has 4 heteroatoms. The third kappa shape index (κ3) is 2.31. The predicted molar refractivity (Wildman–Crippen MR) is 86.3 cm³/mol. The molecular formula is C19H12N4. The van der Waals surface area contributed by atoms with Gasteiger partial charge in [0, 0.05) is 17.1 Å². The van der Waals surface area contributed by atoms with E-state index >= 15 is 0 Å². The highest BCUT2D eigenvalue weighted by Crippen LogP contribution is 2.28. The molecule has 1 aromatic heterocycles. The van der Waals surface area contributed by atoms with Gasteiger partial charge in [-0.05, 0) is 42.8 Å². The molecule has 0 aliphatic heterocycles. The van der Waals surface area contributed by atoms with Crippen LogP contribution >= 0.6 is 0 Å². The summed E-state index contributed by atoms with van der Waals surface area (Å²) in [5.74, 6) is 0. The Hall–Kier alpha value is -3.55. The lowest BCUT2D eigenvalue weighted by atomic mass is 10.0. The van der Waals surface area contributed by atoms with Gasteiger partial charge >= 0.3 is 0 Å². The van der Waals surface area contributed by atoms with Crippen molar-refractivity contribution in [3.8, 4) is 18.2 Å². The minimum Gasteiger partial charge on any atom is -0.340 e. The van der Waals surface area contributed by atoms with Gasteiger partial charge in [-0.15, -0.1) is 0 Å². The molecule has 4 nitrogen and oxygen atoms in total. The average molecular weight is 296 g/mol. The third-order valence-electron chi connectivity index (χ3n) is 4.05. The number of hydrogen-bond donors (Lipinski definition) is 0. The summed E-state index contributed by atoms with van der Waals surface area (Å²) >= 11 is 0. The molecule has 0 amide bonds. The fourth-order valence-electron chi connectivity index (χ4n) is 2.82. The summed E-state index contributed by atoms with van der Waals surface area (Å²) in [4.78, 5) is 0. The Morgan fingerprint density at radius 1 is 0.957 bits per heavy atom. The van der Waals surface area contributed by atoms with Crippen molar-refractivity contribution in [2.24, 2.45) is 0 Å². The molecule has 1 heterocycles. The van der Waals surface area contributed by atoms with Crippen molar-refractivity contribution in [2.45, 2.75) is 13.0 Å². The van der Waals surface area contributed by atoms with Gasteiger partial charge < -0.3 is 4.57 Å². The SMILES string of the molecule is C[C@H](c1cccc(C#N)c1)n1ccc2c(C#N)c(C#N)ccc21. The number of rotatable bonds is 2. The minimum absolute atomic E-state index is 0.0141. The molecular weight excluding hydrogens is 284 g/mol. The zero-order chi connectivity index (χ0) is 16.4. The third-order valence-corrected chi connectivity index (χ3v) is 4.05. The highest BCUT2D eigenvalue weighted by Gasteiger charge is 2.15. The highest BCUT2D eigenvalue weighted by molar-refractivity contribution is 5.88. The van der Waals surface area contributed by atoms with Gasteiger partial charge in [0.05, 0.1) is 28.8 Å². The number of nitrogens with zero attached hydrogens (tertiary/aromatic N) is 4. The fraction of sp³-hybridized carbons (Fsp3) is 0.105. The normalized spacial score (nSPS) is 11.4. The van der Waals surface area contributed by atoms with E-state index in [4.69, 9.17) is 10.5 Å². The molecule has 0 saturated carbocycles. The molecule has 0 aliphatic rings. The Bertz CT molecular complexity index is 1020. The number of fused-ring (bicyclic) bond motifs is 1. The Morgan fingerprint density at radius 2 is 1.78 bits per heavy atom. The predicted octanol–water partition coefficient (Wildman–Crippen LogP) is 3.87. The van der Waals surface area contributed by atoms with Crippen LogP contribution in [0.4, 0.5) is 0 Å². The van der Waals surface area contributed by atoms with Crippen molar-refractivity contribution in [3.05, 3.63) is 70.9 Å². The second kappa shape index (κ2) is 5.68. The minimum atomic E-state index is 0.0141. The first-order chi connectivity index (χ1) is 11.2. The van der Waals surface area contributed by atoms with Crippen LogP contribution in [0.25, 0.3) is 10.9 Å². The number of aromatic nitrogens is 1. The first-order valence-electron chi connectivity index (χ1n) is 7.13. The molecule has 0 fully saturated rings. The molecule has 0 bridgehead atoms. The smallest absolute Gasteiger partial charge is 0.101 e. The van der Waals surface area contributed by atoms with Crippen LogP contribution in [0.5, 0.6) is 0 Å². The molecule has 3 aromatic rings. The maximum absolute atomic E-state index is 9.33. The molecule has 3 rings (SSSR count). The molecule has 1 atom stereocenters. The van der Waals surface area contributed by atoms with Gasteiger partial charge in [-0.1, -0.05) is 12.1 Å². The van der Waals surface area contributed by atoms with Gasteiger partial charge in [-0.3, -0.25) is 0 Å². The van der Waals surface area contributed by atoms with Gasteiger partial charge in [0.15, 0.2) is 0 Å². The summed E-state index contributed by atoms with van der Waals surface area (Å²) in [7, 11) is 0. The summed E-state index contributed by atoms with van der Waals surface area (Å²) in [6.07, 6.45) is 1.91. The van der Waals surface area contributed by atoms with Crippen LogP contribution < -0.4 is 0 Å². The van der Waals surface area contributed by atoms with Crippen LogP contribution in [0.1, 0.15) is 35.2 Å². The maximum atomic E-state index is 9.33. The van der Waals surface area contributed by atoms with Gasteiger partial charge in [0.1, 0.15) is 12.1 Å². The van der Waals surface area contributed by atoms with Crippen LogP contribution in [0.15, 0.2) is 48.7 Å². The van der Waals surface area contributed by atoms with Crippen LogP contribution in [0.3, 0.4) is 0 Å². The number of nitriles is 3. The van der Waals surface area contributed by atoms with E-state index < -0.39 is 0 Å². The molecule has 0 spiro atoms. The van der Waals surface area contributed by atoms with Crippen molar-refractivity contribution < 1.29 is 0 Å². The lowest BCUT2D eigenvalue weighted by Crippen LogP contribution is -2.05. The van der Waals surface area contributed by atoms with E-state index in [0.29, 0.717) is 16.7 Å². The Labute approximate surface area is 134 Å². The maximum Gasteiger partial charge on any atom is 0.101 e. The van der Waals surface area contributed by atoms with Crippen molar-refractivity contribution in [3.63, 3.8) is 0 Å². The van der Waals surface area contributed by atoms with Crippen LogP contribution in [0.2, 0.25) is 0 Å². The Morgan fingerprint density at radius 3 is 2.48 bits per heavy atom. The Balaban J connectivity index is 2.16. The standard InChI is InChI=1S/C19H12N4/c1-13(15-4-2-3-14(9-15)10-20)23-8-7-17-18(12-22)16(11-21)5-6-19(17)23/h2-9,13H,1H3/t13-/m1/s1. The lowest BCUT2D eigenvalue weighted by Gasteiger charge is -2.16. The van der Waals surface area contributed by atoms with Crippen LogP contribution in [0, 0.1) is 34.0 Å². The number of hydrogen-bond acceptors (Lipinski definition) is 3. The molecule has 0 saturated heterocycles. The molecule has 108 valence electrons. The topological polar surface area (TPSA) is 76.3 Å². The van der Waals surface area contributed by atoms with E-state index in [1.54, 1.807) is 12.1 Å². The van der Waals surface area contributed by atoms with Crippen molar-refractivity contribution in [2.75, 3.05) is 0 Å². The monoisotopic (exact) mass is 296 g/mol. The quantitative estimate of drug-likeness (QED) is 0.720. The van der Waals surface area contributed by atoms with Gasteiger partial charge in [0.25, 0.3) is 0 Å². The van der Waals surface area contributed by atoms with E-state index in [1.165, 1.54) is 0 Å². The van der Waals surface area contributed by atoms with E-state index in [0.717, 1.165) is 16.5 Å². The van der Waals surface area contributed by atoms with Crippen LogP contribution in [-0.4, -0.2) is 4.57 Å². The van der Waals surface area contributed by atoms with Crippen molar-refractivity contribution in [1.29, 1.82) is 15.8 Å². The zero-order valence-corrected chi connectivity index (χ0v) is 12.5. The molecule has 23 heavy (non-hydrogen) atoms. The second-order valence-corrected chi connectivity index (χ2v) is 5.28. The summed E-state index contributed by atoms with van der Waals surface area (Å²) in [6, 6.07) is 19.2. The van der Waals surface area contributed by atoms with Crippen molar-refractivity contribution >= 4 is 10.9 Å². The van der Waals surface area contributed by atoms with E-state index in [2.05, 4.69) is 18.2 Å². The largest absolute Gasteiger partial charge is 0.340 e. The first-order valence-corrected chi connectivity index (χ1v) is 7.13. The van der Waals surface area contributed by atoms with Gasteiger partial charge in [-0.2, -0.15) is 15.8 Å². The number of benzene rings is 2. The van der Waals surface area contributed by atoms with E-state index in [1.807, 2.05) is 48.0 Å². The molecule has 0 aliphatic carbocycles. The van der Waals surface area contributed by atoms with E-state index in [9.17, 15) is 5.26 Å². The molecule has 0 N–H and O–H groups in total. The zero-order valence-electron chi connectivity index (χ0n) is 12.5. The molecule has 0 unspecified atom stereocenters. The lowest BCUT2D eigenvalue weighted by molar-refractivity contribution is 0.664. The fourth-order valence-corrected chi connectivity index (χ4v) is 2.82. The summed E-state index contributed by atoms with van der Waals surface area (Å²) in [6.45, 7) is 2.04.